The summed E-state index contributed by atoms with van der Waals surface area (Å²) in [5.74, 6) is 0.368. The van der Waals surface area contributed by atoms with Crippen LogP contribution in [0.15, 0.2) is 42.5 Å². The molecule has 2 aromatic rings. The Labute approximate surface area is 146 Å². The number of ether oxygens (including phenoxy) is 2. The maximum absolute atomic E-state index is 13.1. The maximum Gasteiger partial charge on any atom is 0.128 e. The van der Waals surface area contributed by atoms with E-state index >= 15 is 0 Å². The molecule has 4 nitrogen and oxygen atoms in total. The van der Waals surface area contributed by atoms with Crippen molar-refractivity contribution in [3.63, 3.8) is 0 Å². The maximum atomic E-state index is 13.1. The summed E-state index contributed by atoms with van der Waals surface area (Å²) in [6.45, 7) is 3.12. The first-order valence-corrected chi connectivity index (χ1v) is 8.10. The van der Waals surface area contributed by atoms with Crippen LogP contribution in [0.5, 0.6) is 5.75 Å². The molecule has 0 spiro atoms. The Morgan fingerprint density at radius 3 is 2.56 bits per heavy atom. The van der Waals surface area contributed by atoms with Crippen molar-refractivity contribution < 1.29 is 13.9 Å². The molecule has 0 atom stereocenters. The van der Waals surface area contributed by atoms with E-state index in [9.17, 15) is 9.65 Å². The lowest BCUT2D eigenvalue weighted by molar-refractivity contribution is 0.122. The topological polar surface area (TPSA) is 45.5 Å². The van der Waals surface area contributed by atoms with Crippen LogP contribution >= 0.6 is 0 Å². The van der Waals surface area contributed by atoms with Crippen molar-refractivity contribution in [2.24, 2.45) is 0 Å². The number of anilines is 1. The molecule has 0 N–H and O–H groups in total. The fourth-order valence-electron chi connectivity index (χ4n) is 2.80. The summed E-state index contributed by atoms with van der Waals surface area (Å²) in [6, 6.07) is 14.0. The van der Waals surface area contributed by atoms with E-state index in [-0.39, 0.29) is 5.82 Å². The van der Waals surface area contributed by atoms with Crippen molar-refractivity contribution in [1.82, 2.24) is 0 Å². The fraction of sp³-hybridized carbons (Fsp3) is 0.250. The first kappa shape index (κ1) is 17.0. The van der Waals surface area contributed by atoms with E-state index < -0.39 is 0 Å². The van der Waals surface area contributed by atoms with Gasteiger partial charge in [-0.2, -0.15) is 5.26 Å². The number of hydrogen-bond donors (Lipinski definition) is 0. The van der Waals surface area contributed by atoms with Crippen LogP contribution in [0.25, 0.3) is 11.6 Å². The van der Waals surface area contributed by atoms with E-state index in [1.807, 2.05) is 18.2 Å². The summed E-state index contributed by atoms with van der Waals surface area (Å²) < 4.78 is 24.0. The van der Waals surface area contributed by atoms with Crippen molar-refractivity contribution in [1.29, 1.82) is 5.26 Å². The van der Waals surface area contributed by atoms with Gasteiger partial charge in [0.15, 0.2) is 0 Å². The number of allylic oxidation sites excluding steroid dienone is 1. The Morgan fingerprint density at radius 2 is 1.92 bits per heavy atom. The van der Waals surface area contributed by atoms with Gasteiger partial charge in [-0.25, -0.2) is 4.39 Å². The molecule has 2 aromatic carbocycles. The second-order valence-corrected chi connectivity index (χ2v) is 5.70. The summed E-state index contributed by atoms with van der Waals surface area (Å²) in [4.78, 5) is 2.24. The molecule has 1 heterocycles. The molecule has 128 valence electrons. The van der Waals surface area contributed by atoms with Gasteiger partial charge in [0.1, 0.15) is 11.6 Å². The Morgan fingerprint density at radius 1 is 1.20 bits per heavy atom. The molecule has 3 rings (SSSR count). The fourth-order valence-corrected chi connectivity index (χ4v) is 2.80. The minimum atomic E-state index is -0.325. The van der Waals surface area contributed by atoms with Crippen LogP contribution in [-0.2, 0) is 4.74 Å². The standard InChI is InChI=1S/C20H19FN2O2/c1-24-20-13-19(23-8-10-25-11-9-23)7-4-16(20)12-17(14-22)15-2-5-18(21)6-3-15/h2-7,12-13H,8-11H2,1H3/b17-12-. The number of nitriles is 1. The van der Waals surface area contributed by atoms with Gasteiger partial charge in [0.25, 0.3) is 0 Å². The monoisotopic (exact) mass is 338 g/mol. The average molecular weight is 338 g/mol. The second-order valence-electron chi connectivity index (χ2n) is 5.70. The van der Waals surface area contributed by atoms with Crippen LogP contribution in [0.3, 0.4) is 0 Å². The molecule has 5 heteroatoms. The number of benzene rings is 2. The minimum absolute atomic E-state index is 0.325. The molecule has 0 aromatic heterocycles. The molecular formula is C20H19FN2O2. The van der Waals surface area contributed by atoms with Gasteiger partial charge in [-0.05, 0) is 35.9 Å². The van der Waals surface area contributed by atoms with E-state index in [0.717, 1.165) is 24.3 Å². The Kier molecular flexibility index (Phi) is 5.32. The number of rotatable bonds is 4. The van der Waals surface area contributed by atoms with Gasteiger partial charge in [0.05, 0.1) is 32.0 Å². The van der Waals surface area contributed by atoms with E-state index in [4.69, 9.17) is 9.47 Å². The molecule has 1 aliphatic rings. The summed E-state index contributed by atoms with van der Waals surface area (Å²) in [5.41, 5.74) is 3.00. The molecular weight excluding hydrogens is 319 g/mol. The zero-order valence-electron chi connectivity index (χ0n) is 14.0. The SMILES string of the molecule is COc1cc(N2CCOCC2)ccc1/C=C(/C#N)c1ccc(F)cc1. The van der Waals surface area contributed by atoms with Gasteiger partial charge in [0, 0.05) is 30.4 Å². The van der Waals surface area contributed by atoms with Crippen LogP contribution in [0.1, 0.15) is 11.1 Å². The van der Waals surface area contributed by atoms with E-state index in [0.29, 0.717) is 30.1 Å². The molecule has 1 fully saturated rings. The summed E-state index contributed by atoms with van der Waals surface area (Å²) >= 11 is 0. The van der Waals surface area contributed by atoms with Crippen molar-refractivity contribution in [2.75, 3.05) is 38.3 Å². The average Bonchev–Trinajstić information content (AvgIpc) is 2.67. The molecule has 0 aliphatic carbocycles. The zero-order chi connectivity index (χ0) is 17.6. The first-order chi connectivity index (χ1) is 12.2. The lowest BCUT2D eigenvalue weighted by atomic mass is 10.0. The van der Waals surface area contributed by atoms with Crippen molar-refractivity contribution in [3.05, 3.63) is 59.4 Å². The lowest BCUT2D eigenvalue weighted by Crippen LogP contribution is -2.36. The molecule has 25 heavy (non-hydrogen) atoms. The molecule has 1 aliphatic heterocycles. The van der Waals surface area contributed by atoms with E-state index in [2.05, 4.69) is 11.0 Å². The number of halogens is 1. The van der Waals surface area contributed by atoms with E-state index in [1.54, 1.807) is 25.3 Å². The molecule has 0 unspecified atom stereocenters. The van der Waals surface area contributed by atoms with Crippen molar-refractivity contribution in [3.8, 4) is 11.8 Å². The number of hydrogen-bond acceptors (Lipinski definition) is 4. The highest BCUT2D eigenvalue weighted by atomic mass is 19.1. The third-order valence-corrected chi connectivity index (χ3v) is 4.17. The third-order valence-electron chi connectivity index (χ3n) is 4.17. The van der Waals surface area contributed by atoms with Crippen molar-refractivity contribution >= 4 is 17.3 Å². The van der Waals surface area contributed by atoms with Crippen LogP contribution in [-0.4, -0.2) is 33.4 Å². The van der Waals surface area contributed by atoms with Gasteiger partial charge < -0.3 is 14.4 Å². The lowest BCUT2D eigenvalue weighted by Gasteiger charge is -2.29. The summed E-state index contributed by atoms with van der Waals surface area (Å²) in [5, 5.41) is 9.46. The predicted molar refractivity (Wildman–Crippen MR) is 95.9 cm³/mol. The zero-order valence-corrected chi connectivity index (χ0v) is 14.0. The summed E-state index contributed by atoms with van der Waals surface area (Å²) in [6.07, 6.45) is 1.76. The molecule has 1 saturated heterocycles. The highest BCUT2D eigenvalue weighted by Crippen LogP contribution is 2.29. The largest absolute Gasteiger partial charge is 0.496 e. The Balaban J connectivity index is 1.92. The predicted octanol–water partition coefficient (Wildman–Crippen LogP) is 3.74. The highest BCUT2D eigenvalue weighted by Gasteiger charge is 2.13. The van der Waals surface area contributed by atoms with Crippen LogP contribution in [0.4, 0.5) is 10.1 Å². The Hall–Kier alpha value is -2.84. The molecule has 0 saturated carbocycles. The normalized spacial score (nSPS) is 14.9. The van der Waals surface area contributed by atoms with E-state index in [1.165, 1.54) is 12.1 Å². The van der Waals surface area contributed by atoms with Gasteiger partial charge in [0.2, 0.25) is 0 Å². The van der Waals surface area contributed by atoms with Crippen molar-refractivity contribution in [2.45, 2.75) is 0 Å². The molecule has 0 amide bonds. The smallest absolute Gasteiger partial charge is 0.128 e. The minimum Gasteiger partial charge on any atom is -0.496 e. The second kappa shape index (κ2) is 7.82. The number of nitrogens with zero attached hydrogens (tertiary/aromatic N) is 2. The summed E-state index contributed by atoms with van der Waals surface area (Å²) in [7, 11) is 1.61. The van der Waals surface area contributed by atoms with Crippen LogP contribution in [0, 0.1) is 17.1 Å². The van der Waals surface area contributed by atoms with Gasteiger partial charge in [-0.3, -0.25) is 0 Å². The van der Waals surface area contributed by atoms with Gasteiger partial charge >= 0.3 is 0 Å². The number of methoxy groups -OCH3 is 1. The quantitative estimate of drug-likeness (QED) is 0.629. The van der Waals surface area contributed by atoms with Gasteiger partial charge in [-0.15, -0.1) is 0 Å². The highest BCUT2D eigenvalue weighted by molar-refractivity contribution is 5.90. The molecule has 0 bridgehead atoms. The third kappa shape index (κ3) is 3.98. The van der Waals surface area contributed by atoms with Crippen LogP contribution in [0.2, 0.25) is 0 Å². The molecule has 0 radical (unpaired) electrons. The number of morpholine rings is 1. The van der Waals surface area contributed by atoms with Crippen LogP contribution < -0.4 is 9.64 Å². The Bertz CT molecular complexity index is 803. The first-order valence-electron chi connectivity index (χ1n) is 8.10. The van der Waals surface area contributed by atoms with Gasteiger partial charge in [-0.1, -0.05) is 12.1 Å².